The number of benzene rings is 2. The number of aromatic nitrogens is 1. The van der Waals surface area contributed by atoms with Crippen LogP contribution in [0.2, 0.25) is 0 Å². The number of hydrogen-bond acceptors (Lipinski definition) is 7. The van der Waals surface area contributed by atoms with Gasteiger partial charge in [0.2, 0.25) is 0 Å². The Bertz CT molecular complexity index is 1230. The van der Waals surface area contributed by atoms with Crippen LogP contribution in [0.4, 0.5) is 0 Å². The molecule has 0 unspecified atom stereocenters. The van der Waals surface area contributed by atoms with E-state index < -0.39 is 17.8 Å². The summed E-state index contributed by atoms with van der Waals surface area (Å²) < 4.78 is 17.8. The number of thiazole rings is 1. The van der Waals surface area contributed by atoms with Gasteiger partial charge in [0, 0.05) is 5.56 Å². The molecule has 3 rings (SSSR count). The number of hydrogen-bond donors (Lipinski definition) is 0. The van der Waals surface area contributed by atoms with Gasteiger partial charge in [-0.1, -0.05) is 30.7 Å². The lowest BCUT2D eigenvalue weighted by molar-refractivity contribution is -0.141. The highest BCUT2D eigenvalue weighted by Crippen LogP contribution is 2.21. The van der Waals surface area contributed by atoms with Crippen LogP contribution in [0.5, 0.6) is 5.75 Å². The highest BCUT2D eigenvalue weighted by atomic mass is 32.1. The van der Waals surface area contributed by atoms with E-state index in [1.165, 1.54) is 18.4 Å². The van der Waals surface area contributed by atoms with Crippen LogP contribution in [0, 0.1) is 0 Å². The lowest BCUT2D eigenvalue weighted by Crippen LogP contribution is -2.22. The molecular formula is C24H26N2O6S. The van der Waals surface area contributed by atoms with Crippen molar-refractivity contribution in [3.8, 4) is 5.75 Å². The number of ether oxygens (including phenoxy) is 3. The summed E-state index contributed by atoms with van der Waals surface area (Å²) in [5.41, 5.74) is 1.41. The molecule has 1 aromatic heterocycles. The Kier molecular flexibility index (Phi) is 8.37. The Morgan fingerprint density at radius 2 is 1.88 bits per heavy atom. The van der Waals surface area contributed by atoms with E-state index in [9.17, 15) is 14.4 Å². The third-order valence-electron chi connectivity index (χ3n) is 4.75. The Balaban J connectivity index is 2.01. The number of carbonyl (C=O) groups is 3. The first-order valence-corrected chi connectivity index (χ1v) is 11.5. The fourth-order valence-electron chi connectivity index (χ4n) is 3.05. The highest BCUT2D eigenvalue weighted by molar-refractivity contribution is 7.16. The predicted molar refractivity (Wildman–Crippen MR) is 125 cm³/mol. The lowest BCUT2D eigenvalue weighted by atomic mass is 10.2. The van der Waals surface area contributed by atoms with Crippen LogP contribution in [0.15, 0.2) is 47.5 Å². The summed E-state index contributed by atoms with van der Waals surface area (Å²) in [6.07, 6.45) is 1.93. The van der Waals surface area contributed by atoms with Crippen molar-refractivity contribution in [2.75, 3.05) is 20.3 Å². The smallest absolute Gasteiger partial charge is 0.338 e. The first kappa shape index (κ1) is 24.2. The number of fused-ring (bicyclic) bond motifs is 1. The number of esters is 2. The summed E-state index contributed by atoms with van der Waals surface area (Å²) in [4.78, 5) is 41.6. The molecule has 0 saturated heterocycles. The standard InChI is InChI=1S/C24H26N2O6S/c1-4-6-12-32-18-9-7-8-16(13-18)22(28)25-24-26(15-21(27)30-3)19-11-10-17(14-20(19)33-24)23(29)31-5-2/h7-11,13-14H,4-6,12,15H2,1-3H3. The van der Waals surface area contributed by atoms with E-state index in [-0.39, 0.29) is 13.2 Å². The molecule has 8 nitrogen and oxygen atoms in total. The lowest BCUT2D eigenvalue weighted by Gasteiger charge is -2.06. The summed E-state index contributed by atoms with van der Waals surface area (Å²) in [7, 11) is 1.29. The van der Waals surface area contributed by atoms with Crippen molar-refractivity contribution in [3.05, 3.63) is 58.4 Å². The van der Waals surface area contributed by atoms with Crippen molar-refractivity contribution in [3.63, 3.8) is 0 Å². The van der Waals surface area contributed by atoms with E-state index in [4.69, 9.17) is 14.2 Å². The average Bonchev–Trinajstić information content (AvgIpc) is 3.15. The van der Waals surface area contributed by atoms with E-state index >= 15 is 0 Å². The van der Waals surface area contributed by atoms with Crippen molar-refractivity contribution in [1.82, 2.24) is 4.57 Å². The van der Waals surface area contributed by atoms with E-state index in [1.807, 2.05) is 0 Å². The molecule has 3 aromatic rings. The average molecular weight is 471 g/mol. The van der Waals surface area contributed by atoms with E-state index in [1.54, 1.807) is 54.0 Å². The topological polar surface area (TPSA) is 96.2 Å². The molecular weight excluding hydrogens is 444 g/mol. The van der Waals surface area contributed by atoms with Crippen molar-refractivity contribution in [2.45, 2.75) is 33.2 Å². The molecule has 0 fully saturated rings. The Hall–Kier alpha value is -3.46. The molecule has 0 N–H and O–H groups in total. The fourth-order valence-corrected chi connectivity index (χ4v) is 4.12. The summed E-state index contributed by atoms with van der Waals surface area (Å²) in [6.45, 7) is 4.52. The third kappa shape index (κ3) is 6.07. The van der Waals surface area contributed by atoms with Gasteiger partial charge in [0.05, 0.1) is 36.1 Å². The van der Waals surface area contributed by atoms with E-state index in [0.717, 1.165) is 12.8 Å². The maximum Gasteiger partial charge on any atom is 0.338 e. The zero-order valence-corrected chi connectivity index (χ0v) is 19.6. The van der Waals surface area contributed by atoms with Crippen LogP contribution in [-0.2, 0) is 20.8 Å². The number of methoxy groups -OCH3 is 1. The number of carbonyl (C=O) groups excluding carboxylic acids is 3. The molecule has 0 saturated carbocycles. The van der Waals surface area contributed by atoms with Gasteiger partial charge in [0.25, 0.3) is 5.91 Å². The van der Waals surface area contributed by atoms with Gasteiger partial charge in [-0.25, -0.2) is 4.79 Å². The maximum absolute atomic E-state index is 12.9. The van der Waals surface area contributed by atoms with Gasteiger partial charge in [-0.05, 0) is 49.7 Å². The molecule has 0 radical (unpaired) electrons. The van der Waals surface area contributed by atoms with Crippen molar-refractivity contribution in [1.29, 1.82) is 0 Å². The zero-order valence-electron chi connectivity index (χ0n) is 18.8. The van der Waals surface area contributed by atoms with Crippen LogP contribution in [0.1, 0.15) is 47.4 Å². The summed E-state index contributed by atoms with van der Waals surface area (Å²) >= 11 is 1.20. The fraction of sp³-hybridized carbons (Fsp3) is 0.333. The molecule has 33 heavy (non-hydrogen) atoms. The SMILES string of the molecule is CCCCOc1cccc(C(=O)N=c2sc3cc(C(=O)OCC)ccc3n2CC(=O)OC)c1. The van der Waals surface area contributed by atoms with Gasteiger partial charge in [-0.3, -0.25) is 9.59 Å². The normalized spacial score (nSPS) is 11.4. The Morgan fingerprint density at radius 1 is 1.06 bits per heavy atom. The summed E-state index contributed by atoms with van der Waals surface area (Å²) in [5.74, 6) is -0.791. The Morgan fingerprint density at radius 3 is 2.61 bits per heavy atom. The second-order valence-electron chi connectivity index (χ2n) is 7.10. The second kappa shape index (κ2) is 11.4. The minimum absolute atomic E-state index is 0.123. The summed E-state index contributed by atoms with van der Waals surface area (Å²) in [5, 5.41) is 0. The zero-order chi connectivity index (χ0) is 23.8. The Labute approximate surface area is 195 Å². The minimum Gasteiger partial charge on any atom is -0.494 e. The molecule has 0 bridgehead atoms. The molecule has 0 aliphatic rings. The van der Waals surface area contributed by atoms with Crippen LogP contribution in [0.25, 0.3) is 10.2 Å². The second-order valence-corrected chi connectivity index (χ2v) is 8.11. The highest BCUT2D eigenvalue weighted by Gasteiger charge is 2.15. The first-order chi connectivity index (χ1) is 16.0. The monoisotopic (exact) mass is 470 g/mol. The molecule has 1 amide bonds. The largest absolute Gasteiger partial charge is 0.494 e. The van der Waals surface area contributed by atoms with Crippen molar-refractivity contribution < 1.29 is 28.6 Å². The number of unbranched alkanes of at least 4 members (excludes halogenated alkanes) is 1. The van der Waals surface area contributed by atoms with Gasteiger partial charge < -0.3 is 18.8 Å². The van der Waals surface area contributed by atoms with Crippen LogP contribution in [0.3, 0.4) is 0 Å². The van der Waals surface area contributed by atoms with Gasteiger partial charge in [0.15, 0.2) is 4.80 Å². The summed E-state index contributed by atoms with van der Waals surface area (Å²) in [6, 6.07) is 11.8. The molecule has 9 heteroatoms. The van der Waals surface area contributed by atoms with Crippen LogP contribution in [-0.4, -0.2) is 42.7 Å². The molecule has 2 aromatic carbocycles. The minimum atomic E-state index is -0.482. The van der Waals surface area contributed by atoms with Gasteiger partial charge in [-0.15, -0.1) is 0 Å². The van der Waals surface area contributed by atoms with Gasteiger partial charge in [0.1, 0.15) is 12.3 Å². The number of amides is 1. The predicted octanol–water partition coefficient (Wildman–Crippen LogP) is 3.97. The van der Waals surface area contributed by atoms with Gasteiger partial charge in [-0.2, -0.15) is 4.99 Å². The molecule has 0 atom stereocenters. The van der Waals surface area contributed by atoms with Crippen molar-refractivity contribution in [2.24, 2.45) is 4.99 Å². The quantitative estimate of drug-likeness (QED) is 0.347. The van der Waals surface area contributed by atoms with E-state index in [2.05, 4.69) is 11.9 Å². The molecule has 174 valence electrons. The molecule has 0 aliphatic carbocycles. The molecule has 1 heterocycles. The van der Waals surface area contributed by atoms with Crippen molar-refractivity contribution >= 4 is 39.4 Å². The van der Waals surface area contributed by atoms with Gasteiger partial charge >= 0.3 is 11.9 Å². The maximum atomic E-state index is 12.9. The van der Waals surface area contributed by atoms with Crippen LogP contribution >= 0.6 is 11.3 Å². The number of nitrogens with zero attached hydrogens (tertiary/aromatic N) is 2. The molecule has 0 aliphatic heterocycles. The first-order valence-electron chi connectivity index (χ1n) is 10.7. The van der Waals surface area contributed by atoms with E-state index in [0.29, 0.717) is 38.5 Å². The number of rotatable bonds is 9. The molecule has 0 spiro atoms. The van der Waals surface area contributed by atoms with Crippen LogP contribution < -0.4 is 9.54 Å². The third-order valence-corrected chi connectivity index (χ3v) is 5.79.